The number of cyclic esters (lactones) is 1. The van der Waals surface area contributed by atoms with Crippen molar-refractivity contribution in [1.29, 1.82) is 0 Å². The number of allylic oxidation sites excluding steroid dienone is 1. The van der Waals surface area contributed by atoms with Gasteiger partial charge in [0, 0.05) is 36.1 Å². The van der Waals surface area contributed by atoms with Gasteiger partial charge in [-0.25, -0.2) is 4.79 Å². The molecule has 1 heterocycles. The molecule has 37 heavy (non-hydrogen) atoms. The molecule has 0 aromatic carbocycles. The van der Waals surface area contributed by atoms with Gasteiger partial charge in [0.05, 0.1) is 17.3 Å². The first kappa shape index (κ1) is 25.8. The van der Waals surface area contributed by atoms with Crippen LogP contribution in [0.3, 0.4) is 0 Å². The second-order valence-corrected chi connectivity index (χ2v) is 13.4. The van der Waals surface area contributed by atoms with E-state index in [1.54, 1.807) is 6.08 Å². The van der Waals surface area contributed by atoms with Crippen LogP contribution < -0.4 is 0 Å². The van der Waals surface area contributed by atoms with Gasteiger partial charge in [-0.05, 0) is 107 Å². The third-order valence-electron chi connectivity index (χ3n) is 11.9. The van der Waals surface area contributed by atoms with Crippen LogP contribution in [0.1, 0.15) is 96.8 Å². The van der Waals surface area contributed by atoms with Crippen molar-refractivity contribution >= 4 is 12.2 Å². The number of nitrogens with zero attached hydrogens (tertiary/aromatic N) is 1. The molecule has 4 fully saturated rings. The number of carbonyl (C=O) groups is 1. The van der Waals surface area contributed by atoms with E-state index >= 15 is 0 Å². The van der Waals surface area contributed by atoms with Crippen molar-refractivity contribution < 1.29 is 24.9 Å². The summed E-state index contributed by atoms with van der Waals surface area (Å²) in [5.41, 5.74) is -0.0580. The average Bonchev–Trinajstić information content (AvgIpc) is 3.42. The first-order valence-electron chi connectivity index (χ1n) is 14.9. The van der Waals surface area contributed by atoms with Crippen molar-refractivity contribution in [2.24, 2.45) is 33.6 Å². The van der Waals surface area contributed by atoms with Crippen molar-refractivity contribution in [1.82, 2.24) is 0 Å². The highest BCUT2D eigenvalue weighted by Crippen LogP contribution is 2.70. The van der Waals surface area contributed by atoms with Crippen LogP contribution in [0.15, 0.2) is 28.3 Å². The molecular weight excluding hydrogens is 466 g/mol. The lowest BCUT2D eigenvalue weighted by Gasteiger charge is -2.65. The molecule has 8 atom stereocenters. The SMILES string of the molecule is C[C@]12CC[C@H]3C(CCC4(O)CC(O)CC[C@]34C=NCCC3=CCCCC3)C1(O)CCC2C1=CC(=O)OC1. The number of aliphatic imine (C=N–C) groups is 1. The van der Waals surface area contributed by atoms with Gasteiger partial charge >= 0.3 is 5.97 Å². The Morgan fingerprint density at radius 2 is 1.92 bits per heavy atom. The molecule has 5 aliphatic carbocycles. The van der Waals surface area contributed by atoms with Gasteiger partial charge in [-0.2, -0.15) is 0 Å². The van der Waals surface area contributed by atoms with Gasteiger partial charge in [-0.15, -0.1) is 0 Å². The predicted molar refractivity (Wildman–Crippen MR) is 142 cm³/mol. The molecule has 0 spiro atoms. The van der Waals surface area contributed by atoms with E-state index in [1.165, 1.54) is 31.3 Å². The maximum absolute atomic E-state index is 12.5. The van der Waals surface area contributed by atoms with E-state index in [4.69, 9.17) is 9.73 Å². The lowest BCUT2D eigenvalue weighted by molar-refractivity contribution is -0.237. The van der Waals surface area contributed by atoms with E-state index in [1.807, 2.05) is 0 Å². The minimum Gasteiger partial charge on any atom is -0.458 e. The molecular formula is C31H45NO5. The molecule has 3 N–H and O–H groups in total. The second-order valence-electron chi connectivity index (χ2n) is 13.4. The Morgan fingerprint density at radius 1 is 1.08 bits per heavy atom. The van der Waals surface area contributed by atoms with Crippen LogP contribution in [0.25, 0.3) is 0 Å². The van der Waals surface area contributed by atoms with E-state index in [0.717, 1.165) is 57.1 Å². The fourth-order valence-electron chi connectivity index (χ4n) is 9.93. The van der Waals surface area contributed by atoms with Crippen molar-refractivity contribution in [3.05, 3.63) is 23.3 Å². The first-order chi connectivity index (χ1) is 17.7. The molecule has 0 saturated heterocycles. The fourth-order valence-corrected chi connectivity index (χ4v) is 9.93. The number of hydrogen-bond donors (Lipinski definition) is 3. The van der Waals surface area contributed by atoms with Crippen molar-refractivity contribution in [2.45, 2.75) is 114 Å². The number of hydrogen-bond acceptors (Lipinski definition) is 6. The monoisotopic (exact) mass is 511 g/mol. The van der Waals surface area contributed by atoms with E-state index in [-0.39, 0.29) is 29.1 Å². The molecule has 6 heteroatoms. The van der Waals surface area contributed by atoms with E-state index in [9.17, 15) is 20.1 Å². The lowest BCUT2D eigenvalue weighted by Crippen LogP contribution is -2.68. The summed E-state index contributed by atoms with van der Waals surface area (Å²) in [6.45, 7) is 3.33. The summed E-state index contributed by atoms with van der Waals surface area (Å²) in [6, 6.07) is 0. The van der Waals surface area contributed by atoms with Gasteiger partial charge in [0.15, 0.2) is 0 Å². The molecule has 0 aromatic heterocycles. The third kappa shape index (κ3) is 3.91. The lowest BCUT2D eigenvalue weighted by atomic mass is 9.41. The summed E-state index contributed by atoms with van der Waals surface area (Å²) in [6.07, 6.45) is 18.1. The number of carbonyl (C=O) groups excluding carboxylic acids is 1. The molecule has 5 unspecified atom stereocenters. The minimum atomic E-state index is -0.976. The normalized spacial score (nSPS) is 47.6. The fraction of sp³-hybridized carbons (Fsp3) is 0.806. The molecule has 6 nitrogen and oxygen atoms in total. The Kier molecular flexibility index (Phi) is 6.48. The highest BCUT2D eigenvalue weighted by molar-refractivity contribution is 5.85. The zero-order chi connectivity index (χ0) is 25.9. The number of aliphatic hydroxyl groups is 3. The van der Waals surface area contributed by atoms with Gasteiger partial charge in [-0.3, -0.25) is 4.99 Å². The predicted octanol–water partition coefficient (Wildman–Crippen LogP) is 4.66. The summed E-state index contributed by atoms with van der Waals surface area (Å²) in [4.78, 5) is 16.8. The Morgan fingerprint density at radius 3 is 2.68 bits per heavy atom. The Hall–Kier alpha value is -1.50. The zero-order valence-corrected chi connectivity index (χ0v) is 22.5. The molecule has 1 aliphatic heterocycles. The van der Waals surface area contributed by atoms with Gasteiger partial charge in [-0.1, -0.05) is 18.6 Å². The van der Waals surface area contributed by atoms with E-state index in [0.29, 0.717) is 25.9 Å². The van der Waals surface area contributed by atoms with Crippen molar-refractivity contribution in [2.75, 3.05) is 13.2 Å². The summed E-state index contributed by atoms with van der Waals surface area (Å²) >= 11 is 0. The quantitative estimate of drug-likeness (QED) is 0.283. The maximum atomic E-state index is 12.5. The van der Waals surface area contributed by atoms with Crippen LogP contribution in [-0.2, 0) is 9.53 Å². The largest absolute Gasteiger partial charge is 0.458 e. The number of esters is 1. The van der Waals surface area contributed by atoms with Crippen LogP contribution in [0, 0.1) is 28.6 Å². The highest BCUT2D eigenvalue weighted by atomic mass is 16.5. The van der Waals surface area contributed by atoms with Crippen LogP contribution in [0.5, 0.6) is 0 Å². The third-order valence-corrected chi connectivity index (χ3v) is 11.9. The molecule has 0 radical (unpaired) electrons. The molecule has 0 amide bonds. The number of ether oxygens (including phenoxy) is 1. The summed E-state index contributed by atoms with van der Waals surface area (Å²) < 4.78 is 5.26. The van der Waals surface area contributed by atoms with Crippen molar-refractivity contribution in [3.63, 3.8) is 0 Å². The average molecular weight is 512 g/mol. The zero-order valence-electron chi connectivity index (χ0n) is 22.5. The summed E-state index contributed by atoms with van der Waals surface area (Å²) in [5.74, 6) is 0.124. The number of fused-ring (bicyclic) bond motifs is 5. The van der Waals surface area contributed by atoms with Crippen LogP contribution in [-0.4, -0.2) is 58.0 Å². The van der Waals surface area contributed by atoms with Crippen LogP contribution in [0.2, 0.25) is 0 Å². The molecule has 0 bridgehead atoms. The first-order valence-corrected chi connectivity index (χ1v) is 14.9. The molecule has 204 valence electrons. The minimum absolute atomic E-state index is 0.0814. The van der Waals surface area contributed by atoms with Crippen LogP contribution >= 0.6 is 0 Å². The van der Waals surface area contributed by atoms with E-state index < -0.39 is 22.7 Å². The highest BCUT2D eigenvalue weighted by Gasteiger charge is 2.71. The number of rotatable bonds is 5. The molecule has 4 saturated carbocycles. The van der Waals surface area contributed by atoms with Gasteiger partial charge in [0.25, 0.3) is 0 Å². The Balaban J connectivity index is 1.29. The molecule has 0 aromatic rings. The van der Waals surface area contributed by atoms with Crippen LogP contribution in [0.4, 0.5) is 0 Å². The van der Waals surface area contributed by atoms with Gasteiger partial charge in [0.2, 0.25) is 0 Å². The standard InChI is InChI=1S/C31H45NO5/c1-28-12-8-25-26(31(28,36)15-10-24(28)22-17-27(34)37-19-22)9-14-30(35)18-23(33)7-13-29(25,30)20-32-16-11-21-5-3-2-4-6-21/h5,17,20,23-26,33,35-36H,2-4,6-16,18-19H2,1H3/t23?,24?,25-,26?,28+,29-,30?,31?/m0/s1. The summed E-state index contributed by atoms with van der Waals surface area (Å²) in [7, 11) is 0. The Labute approximate surface area is 221 Å². The maximum Gasteiger partial charge on any atom is 0.331 e. The van der Waals surface area contributed by atoms with Gasteiger partial charge < -0.3 is 20.1 Å². The van der Waals surface area contributed by atoms with Gasteiger partial charge in [0.1, 0.15) is 6.61 Å². The van der Waals surface area contributed by atoms with Crippen molar-refractivity contribution in [3.8, 4) is 0 Å². The topological polar surface area (TPSA) is 99.4 Å². The molecule has 6 aliphatic rings. The summed E-state index contributed by atoms with van der Waals surface area (Å²) in [5, 5.41) is 35.2. The van der Waals surface area contributed by atoms with E-state index in [2.05, 4.69) is 19.2 Å². The second kappa shape index (κ2) is 9.31. The Bertz CT molecular complexity index is 1020. The number of aliphatic hydroxyl groups excluding tert-OH is 1. The smallest absolute Gasteiger partial charge is 0.331 e. The molecule has 6 rings (SSSR count).